The number of hydrogen-bond donors (Lipinski definition) is 1. The topological polar surface area (TPSA) is 57.2 Å². The molecule has 2 aromatic rings. The number of carbonyl (C=O) groups excluding carboxylic acids is 1. The van der Waals surface area contributed by atoms with E-state index in [1.807, 2.05) is 54.4 Å². The molecule has 0 unspecified atom stereocenters. The van der Waals surface area contributed by atoms with Gasteiger partial charge in [0, 0.05) is 45.3 Å². The number of nitrogens with one attached hydrogen (secondary N) is 1. The van der Waals surface area contributed by atoms with Gasteiger partial charge in [0.2, 0.25) is 0 Å². The van der Waals surface area contributed by atoms with E-state index in [1.165, 1.54) is 0 Å². The Morgan fingerprint density at radius 1 is 1.13 bits per heavy atom. The van der Waals surface area contributed by atoms with Gasteiger partial charge in [0.1, 0.15) is 12.4 Å². The Labute approximate surface area is 201 Å². The van der Waals surface area contributed by atoms with Crippen LogP contribution in [0.3, 0.4) is 0 Å². The van der Waals surface area contributed by atoms with E-state index in [0.29, 0.717) is 30.3 Å². The van der Waals surface area contributed by atoms with Crippen LogP contribution in [0.1, 0.15) is 15.9 Å². The van der Waals surface area contributed by atoms with Crippen LogP contribution in [0.25, 0.3) is 0 Å². The number of guanidine groups is 1. The summed E-state index contributed by atoms with van der Waals surface area (Å²) in [5.74, 6) is 1.55. The Hall–Kier alpha value is -2.00. The second kappa shape index (κ2) is 13.3. The molecule has 0 bridgehead atoms. The van der Waals surface area contributed by atoms with Crippen LogP contribution >= 0.6 is 35.6 Å². The van der Waals surface area contributed by atoms with Crippen LogP contribution in [0.15, 0.2) is 53.5 Å². The highest BCUT2D eigenvalue weighted by Crippen LogP contribution is 2.16. The predicted molar refractivity (Wildman–Crippen MR) is 135 cm³/mol. The number of aliphatic imine (C=N–C) groups is 1. The lowest BCUT2D eigenvalue weighted by atomic mass is 10.1. The molecule has 0 aromatic heterocycles. The van der Waals surface area contributed by atoms with Gasteiger partial charge >= 0.3 is 0 Å². The molecule has 0 radical (unpaired) electrons. The van der Waals surface area contributed by atoms with Crippen molar-refractivity contribution in [1.29, 1.82) is 0 Å². The Bertz CT molecular complexity index is 845. The third kappa shape index (κ3) is 8.39. The van der Waals surface area contributed by atoms with Crippen LogP contribution in [-0.2, 0) is 6.42 Å². The number of rotatable bonds is 8. The molecule has 1 amide bonds. The lowest BCUT2D eigenvalue weighted by molar-refractivity contribution is 0.0827. The molecule has 1 N–H and O–H groups in total. The average Bonchev–Trinajstić information content (AvgIpc) is 2.70. The number of ether oxygens (including phenoxy) is 1. The zero-order valence-electron chi connectivity index (χ0n) is 17.9. The lowest BCUT2D eigenvalue weighted by Crippen LogP contribution is -2.41. The molecule has 0 heterocycles. The largest absolute Gasteiger partial charge is 0.492 e. The maximum absolute atomic E-state index is 12.1. The second-order valence-corrected chi connectivity index (χ2v) is 7.29. The van der Waals surface area contributed by atoms with Gasteiger partial charge in [-0.1, -0.05) is 29.8 Å². The molecule has 0 saturated carbocycles. The van der Waals surface area contributed by atoms with Crippen molar-refractivity contribution in [2.75, 3.05) is 47.9 Å². The van der Waals surface area contributed by atoms with Crippen molar-refractivity contribution in [3.05, 3.63) is 64.7 Å². The number of likely N-dealkylation sites (N-methyl/N-ethyl adjacent to an activating group) is 1. The first-order valence-electron chi connectivity index (χ1n) is 9.51. The number of benzene rings is 2. The standard InChI is InChI=1S/C22H29ClN4O2.HI/c1-24-22(27(4)13-14-29-20-10-6-9-19(23)16-20)25-12-11-17-7-5-8-18(15-17)21(28)26(2)3;/h5-10,15-16H,11-14H2,1-4H3,(H,24,25);1H. The van der Waals surface area contributed by atoms with E-state index in [4.69, 9.17) is 16.3 Å². The molecular formula is C22H30ClIN4O2. The van der Waals surface area contributed by atoms with E-state index in [9.17, 15) is 4.79 Å². The number of halogens is 2. The highest BCUT2D eigenvalue weighted by molar-refractivity contribution is 14.0. The predicted octanol–water partition coefficient (Wildman–Crippen LogP) is 3.79. The third-order valence-electron chi connectivity index (χ3n) is 4.34. The van der Waals surface area contributed by atoms with E-state index in [-0.39, 0.29) is 29.9 Å². The van der Waals surface area contributed by atoms with Crippen LogP contribution < -0.4 is 10.1 Å². The van der Waals surface area contributed by atoms with E-state index < -0.39 is 0 Å². The van der Waals surface area contributed by atoms with E-state index in [1.54, 1.807) is 32.1 Å². The summed E-state index contributed by atoms with van der Waals surface area (Å²) < 4.78 is 5.74. The summed E-state index contributed by atoms with van der Waals surface area (Å²) in [6, 6.07) is 15.1. The number of carbonyl (C=O) groups is 1. The molecule has 0 spiro atoms. The van der Waals surface area contributed by atoms with Crippen molar-refractivity contribution in [3.63, 3.8) is 0 Å². The number of hydrogen-bond acceptors (Lipinski definition) is 3. The maximum atomic E-state index is 12.1. The number of amides is 1. The summed E-state index contributed by atoms with van der Waals surface area (Å²) in [4.78, 5) is 20.0. The molecule has 0 fully saturated rings. The SMILES string of the molecule is CN=C(NCCc1cccc(C(=O)N(C)C)c1)N(C)CCOc1cccc(Cl)c1.I. The Kier molecular flexibility index (Phi) is 11.6. The van der Waals surface area contributed by atoms with Gasteiger partial charge in [0.05, 0.1) is 6.54 Å². The van der Waals surface area contributed by atoms with Crippen LogP contribution in [0.2, 0.25) is 5.02 Å². The quantitative estimate of drug-likeness (QED) is 0.312. The van der Waals surface area contributed by atoms with Crippen LogP contribution in [0, 0.1) is 0 Å². The summed E-state index contributed by atoms with van der Waals surface area (Å²) in [5.41, 5.74) is 1.81. The van der Waals surface area contributed by atoms with Gasteiger partial charge in [-0.15, -0.1) is 24.0 Å². The summed E-state index contributed by atoms with van der Waals surface area (Å²) in [6.07, 6.45) is 0.792. The van der Waals surface area contributed by atoms with E-state index in [2.05, 4.69) is 10.3 Å². The summed E-state index contributed by atoms with van der Waals surface area (Å²) in [5, 5.41) is 4.01. The van der Waals surface area contributed by atoms with Crippen molar-refractivity contribution >= 4 is 47.4 Å². The first-order valence-corrected chi connectivity index (χ1v) is 9.89. The monoisotopic (exact) mass is 544 g/mol. The van der Waals surface area contributed by atoms with E-state index in [0.717, 1.165) is 23.7 Å². The summed E-state index contributed by atoms with van der Waals surface area (Å²) >= 11 is 5.97. The van der Waals surface area contributed by atoms with Crippen LogP contribution in [0.4, 0.5) is 0 Å². The van der Waals surface area contributed by atoms with Gasteiger partial charge in [-0.25, -0.2) is 0 Å². The molecule has 0 aliphatic heterocycles. The molecule has 8 heteroatoms. The van der Waals surface area contributed by atoms with Crippen molar-refractivity contribution in [2.45, 2.75) is 6.42 Å². The van der Waals surface area contributed by atoms with Crippen molar-refractivity contribution in [2.24, 2.45) is 4.99 Å². The fraction of sp³-hybridized carbons (Fsp3) is 0.364. The Morgan fingerprint density at radius 3 is 2.53 bits per heavy atom. The van der Waals surface area contributed by atoms with Gasteiger partial charge in [-0.3, -0.25) is 9.79 Å². The van der Waals surface area contributed by atoms with Gasteiger partial charge in [-0.2, -0.15) is 0 Å². The van der Waals surface area contributed by atoms with Crippen LogP contribution in [0.5, 0.6) is 5.75 Å². The van der Waals surface area contributed by atoms with Gasteiger partial charge in [0.15, 0.2) is 5.96 Å². The van der Waals surface area contributed by atoms with Crippen molar-refractivity contribution in [3.8, 4) is 5.75 Å². The zero-order chi connectivity index (χ0) is 21.2. The molecule has 2 rings (SSSR count). The average molecular weight is 545 g/mol. The first-order chi connectivity index (χ1) is 13.9. The molecule has 164 valence electrons. The van der Waals surface area contributed by atoms with Crippen LogP contribution in [-0.4, -0.2) is 69.6 Å². The Balaban J connectivity index is 0.00000450. The minimum absolute atomic E-state index is 0. The molecular weight excluding hydrogens is 515 g/mol. The summed E-state index contributed by atoms with van der Waals surface area (Å²) in [6.45, 7) is 1.91. The van der Waals surface area contributed by atoms with E-state index >= 15 is 0 Å². The smallest absolute Gasteiger partial charge is 0.253 e. The third-order valence-corrected chi connectivity index (χ3v) is 4.58. The minimum Gasteiger partial charge on any atom is -0.492 e. The molecule has 0 saturated heterocycles. The molecule has 0 aliphatic rings. The first kappa shape index (κ1) is 26.0. The van der Waals surface area contributed by atoms with Crippen molar-refractivity contribution in [1.82, 2.24) is 15.1 Å². The fourth-order valence-electron chi connectivity index (χ4n) is 2.78. The molecule has 0 atom stereocenters. The second-order valence-electron chi connectivity index (χ2n) is 6.85. The highest BCUT2D eigenvalue weighted by atomic mass is 127. The number of nitrogens with zero attached hydrogens (tertiary/aromatic N) is 3. The molecule has 6 nitrogen and oxygen atoms in total. The highest BCUT2D eigenvalue weighted by Gasteiger charge is 2.09. The molecule has 0 aliphatic carbocycles. The Morgan fingerprint density at radius 2 is 1.87 bits per heavy atom. The van der Waals surface area contributed by atoms with Gasteiger partial charge < -0.3 is 19.9 Å². The fourth-order valence-corrected chi connectivity index (χ4v) is 2.96. The van der Waals surface area contributed by atoms with Gasteiger partial charge in [0.25, 0.3) is 5.91 Å². The molecule has 30 heavy (non-hydrogen) atoms. The van der Waals surface area contributed by atoms with Crippen molar-refractivity contribution < 1.29 is 9.53 Å². The minimum atomic E-state index is 0. The molecule has 2 aromatic carbocycles. The summed E-state index contributed by atoms with van der Waals surface area (Å²) in [7, 11) is 7.24. The van der Waals surface area contributed by atoms with Gasteiger partial charge in [-0.05, 0) is 42.3 Å². The lowest BCUT2D eigenvalue weighted by Gasteiger charge is -2.22. The normalized spacial score (nSPS) is 10.8. The zero-order valence-corrected chi connectivity index (χ0v) is 21.0. The maximum Gasteiger partial charge on any atom is 0.253 e.